The molecule has 1 aromatic heterocycles. The fraction of sp³-hybridized carbons (Fsp3) is 0.250. The first-order valence-corrected chi connectivity index (χ1v) is 5.53. The van der Waals surface area contributed by atoms with Crippen molar-refractivity contribution in [2.75, 3.05) is 13.6 Å². The summed E-state index contributed by atoms with van der Waals surface area (Å²) in [6.45, 7) is 0.120. The molecule has 0 aliphatic rings. The number of nitrogens with zero attached hydrogens (tertiary/aromatic N) is 3. The molecule has 0 saturated carbocycles. The average Bonchev–Trinajstić information content (AvgIpc) is 2.77. The van der Waals surface area contributed by atoms with Crippen molar-refractivity contribution < 1.29 is 18.7 Å². The van der Waals surface area contributed by atoms with Crippen molar-refractivity contribution >= 4 is 5.97 Å². The van der Waals surface area contributed by atoms with Gasteiger partial charge in [-0.2, -0.15) is 0 Å². The number of benzene rings is 1. The molecule has 2 aromatic rings. The van der Waals surface area contributed by atoms with Gasteiger partial charge in [0.2, 0.25) is 11.8 Å². The minimum atomic E-state index is -0.930. The van der Waals surface area contributed by atoms with Gasteiger partial charge >= 0.3 is 5.97 Å². The smallest absolute Gasteiger partial charge is 0.317 e. The number of halogens is 1. The summed E-state index contributed by atoms with van der Waals surface area (Å²) >= 11 is 0. The number of carboxylic acids is 1. The van der Waals surface area contributed by atoms with E-state index in [4.69, 9.17) is 9.52 Å². The van der Waals surface area contributed by atoms with Crippen LogP contribution in [0.4, 0.5) is 4.39 Å². The minimum Gasteiger partial charge on any atom is -0.480 e. The molecular formula is C12H12FN3O3. The Labute approximate surface area is 108 Å². The first-order chi connectivity index (χ1) is 9.04. The van der Waals surface area contributed by atoms with Crippen molar-refractivity contribution in [2.24, 2.45) is 0 Å². The van der Waals surface area contributed by atoms with Gasteiger partial charge in [-0.25, -0.2) is 4.39 Å². The predicted molar refractivity (Wildman–Crippen MR) is 63.7 cm³/mol. The largest absolute Gasteiger partial charge is 0.480 e. The second kappa shape index (κ2) is 5.57. The Bertz CT molecular complexity index is 568. The number of carboxylic acid groups (broad SMARTS) is 1. The first-order valence-electron chi connectivity index (χ1n) is 5.53. The van der Waals surface area contributed by atoms with Gasteiger partial charge in [-0.1, -0.05) is 0 Å². The molecule has 1 aromatic carbocycles. The third-order valence-electron chi connectivity index (χ3n) is 2.37. The summed E-state index contributed by atoms with van der Waals surface area (Å²) in [5, 5.41) is 16.3. The molecule has 0 bridgehead atoms. The molecular weight excluding hydrogens is 253 g/mol. The van der Waals surface area contributed by atoms with Crippen LogP contribution in [0.2, 0.25) is 0 Å². The van der Waals surface area contributed by atoms with Gasteiger partial charge in [0.1, 0.15) is 5.82 Å². The summed E-state index contributed by atoms with van der Waals surface area (Å²) in [4.78, 5) is 12.0. The number of hydrogen-bond acceptors (Lipinski definition) is 5. The zero-order valence-corrected chi connectivity index (χ0v) is 10.2. The first kappa shape index (κ1) is 13.2. The zero-order valence-electron chi connectivity index (χ0n) is 10.2. The van der Waals surface area contributed by atoms with E-state index in [-0.39, 0.29) is 24.8 Å². The highest BCUT2D eigenvalue weighted by atomic mass is 19.1. The summed E-state index contributed by atoms with van der Waals surface area (Å²) in [5.41, 5.74) is 0.612. The van der Waals surface area contributed by atoms with Gasteiger partial charge in [-0.3, -0.25) is 9.69 Å². The predicted octanol–water partition coefficient (Wildman–Crippen LogP) is 1.39. The summed E-state index contributed by atoms with van der Waals surface area (Å²) in [6.07, 6.45) is 0. The lowest BCUT2D eigenvalue weighted by atomic mass is 10.2. The van der Waals surface area contributed by atoms with E-state index >= 15 is 0 Å². The minimum absolute atomic E-state index is 0.117. The Kier molecular flexibility index (Phi) is 3.86. The molecule has 0 unspecified atom stereocenters. The van der Waals surface area contributed by atoms with Crippen molar-refractivity contribution in [3.8, 4) is 11.5 Å². The summed E-state index contributed by atoms with van der Waals surface area (Å²) in [6, 6.07) is 5.67. The Hall–Kier alpha value is -2.28. The second-order valence-corrected chi connectivity index (χ2v) is 4.07. The van der Waals surface area contributed by atoms with E-state index in [9.17, 15) is 9.18 Å². The number of hydrogen-bond donors (Lipinski definition) is 1. The lowest BCUT2D eigenvalue weighted by molar-refractivity contribution is -0.138. The maximum Gasteiger partial charge on any atom is 0.317 e. The molecule has 0 atom stereocenters. The molecule has 2 rings (SSSR count). The average molecular weight is 265 g/mol. The Morgan fingerprint density at radius 3 is 2.68 bits per heavy atom. The van der Waals surface area contributed by atoms with Crippen LogP contribution in [-0.4, -0.2) is 39.8 Å². The molecule has 19 heavy (non-hydrogen) atoms. The normalized spacial score (nSPS) is 10.9. The molecule has 6 nitrogen and oxygen atoms in total. The van der Waals surface area contributed by atoms with Gasteiger partial charge in [0.05, 0.1) is 13.1 Å². The van der Waals surface area contributed by atoms with Gasteiger partial charge in [0.25, 0.3) is 0 Å². The second-order valence-electron chi connectivity index (χ2n) is 4.07. The number of rotatable bonds is 5. The van der Waals surface area contributed by atoms with Gasteiger partial charge in [0.15, 0.2) is 0 Å². The molecule has 0 aliphatic heterocycles. The Morgan fingerprint density at radius 2 is 2.05 bits per heavy atom. The molecule has 0 aliphatic carbocycles. The molecule has 0 spiro atoms. The van der Waals surface area contributed by atoms with Crippen molar-refractivity contribution in [3.63, 3.8) is 0 Å². The van der Waals surface area contributed by atoms with E-state index in [1.165, 1.54) is 29.2 Å². The molecule has 0 saturated heterocycles. The van der Waals surface area contributed by atoms with Crippen LogP contribution in [0.3, 0.4) is 0 Å². The summed E-state index contributed by atoms with van der Waals surface area (Å²) in [7, 11) is 1.63. The standard InChI is InChI=1S/C12H12FN3O3/c1-16(7-11(17)18)6-10-14-15-12(19-10)8-2-4-9(13)5-3-8/h2-5H,6-7H2,1H3,(H,17,18). The van der Waals surface area contributed by atoms with Gasteiger partial charge in [-0.15, -0.1) is 10.2 Å². The van der Waals surface area contributed by atoms with Crippen LogP contribution in [0.5, 0.6) is 0 Å². The monoisotopic (exact) mass is 265 g/mol. The molecule has 0 radical (unpaired) electrons. The molecule has 100 valence electrons. The third-order valence-corrected chi connectivity index (χ3v) is 2.37. The van der Waals surface area contributed by atoms with E-state index < -0.39 is 5.97 Å². The SMILES string of the molecule is CN(CC(=O)O)Cc1nnc(-c2ccc(F)cc2)o1. The highest BCUT2D eigenvalue weighted by Gasteiger charge is 2.12. The molecule has 0 amide bonds. The quantitative estimate of drug-likeness (QED) is 0.880. The maximum atomic E-state index is 12.8. The van der Waals surface area contributed by atoms with Crippen LogP contribution in [0, 0.1) is 5.82 Å². The van der Waals surface area contributed by atoms with E-state index in [0.717, 1.165) is 0 Å². The maximum absolute atomic E-state index is 12.8. The topological polar surface area (TPSA) is 79.5 Å². The molecule has 7 heteroatoms. The van der Waals surface area contributed by atoms with Crippen molar-refractivity contribution in [1.82, 2.24) is 15.1 Å². The summed E-state index contributed by atoms with van der Waals surface area (Å²) < 4.78 is 18.2. The fourth-order valence-electron chi connectivity index (χ4n) is 1.54. The van der Waals surface area contributed by atoms with E-state index in [0.29, 0.717) is 11.5 Å². The molecule has 1 heterocycles. The van der Waals surface area contributed by atoms with Gasteiger partial charge in [0, 0.05) is 5.56 Å². The number of carbonyl (C=O) groups is 1. The van der Waals surface area contributed by atoms with Crippen molar-refractivity contribution in [1.29, 1.82) is 0 Å². The number of aliphatic carboxylic acids is 1. The highest BCUT2D eigenvalue weighted by Crippen LogP contribution is 2.18. The highest BCUT2D eigenvalue weighted by molar-refractivity contribution is 5.68. The van der Waals surface area contributed by atoms with E-state index in [2.05, 4.69) is 10.2 Å². The molecule has 1 N–H and O–H groups in total. The third kappa shape index (κ3) is 3.59. The van der Waals surface area contributed by atoms with E-state index in [1.54, 1.807) is 7.05 Å². The summed E-state index contributed by atoms with van der Waals surface area (Å²) in [5.74, 6) is -0.688. The zero-order chi connectivity index (χ0) is 13.8. The van der Waals surface area contributed by atoms with Crippen LogP contribution in [0.15, 0.2) is 28.7 Å². The molecule has 0 fully saturated rings. The van der Waals surface area contributed by atoms with E-state index in [1.807, 2.05) is 0 Å². The lowest BCUT2D eigenvalue weighted by Gasteiger charge is -2.09. The lowest BCUT2D eigenvalue weighted by Crippen LogP contribution is -2.25. The Balaban J connectivity index is 2.06. The van der Waals surface area contributed by atoms with Crippen molar-refractivity contribution in [2.45, 2.75) is 6.54 Å². The Morgan fingerprint density at radius 1 is 1.37 bits per heavy atom. The van der Waals surface area contributed by atoms with Gasteiger partial charge < -0.3 is 9.52 Å². The van der Waals surface area contributed by atoms with Crippen molar-refractivity contribution in [3.05, 3.63) is 36.0 Å². The van der Waals surface area contributed by atoms with Crippen LogP contribution in [0.25, 0.3) is 11.5 Å². The van der Waals surface area contributed by atoms with Crippen LogP contribution in [0.1, 0.15) is 5.89 Å². The van der Waals surface area contributed by atoms with Crippen LogP contribution >= 0.6 is 0 Å². The number of aromatic nitrogens is 2. The van der Waals surface area contributed by atoms with Crippen LogP contribution < -0.4 is 0 Å². The van der Waals surface area contributed by atoms with Crippen LogP contribution in [-0.2, 0) is 11.3 Å². The fourth-order valence-corrected chi connectivity index (χ4v) is 1.54. The number of likely N-dealkylation sites (N-methyl/N-ethyl adjacent to an activating group) is 1. The van der Waals surface area contributed by atoms with Gasteiger partial charge in [-0.05, 0) is 31.3 Å².